The number of carbonyl (C=O) groups excluding carboxylic acids is 1. The lowest BCUT2D eigenvalue weighted by atomic mass is 10.2. The number of alkyl halides is 1. The van der Waals surface area contributed by atoms with Gasteiger partial charge in [-0.25, -0.2) is 0 Å². The second-order valence-corrected chi connectivity index (χ2v) is 8.99. The van der Waals surface area contributed by atoms with Crippen molar-refractivity contribution in [2.24, 2.45) is 0 Å². The number of phenolic OH excluding ortho intramolecular Hbond substituents is 1. The monoisotopic (exact) mass is 550 g/mol. The number of anilines is 1. The van der Waals surface area contributed by atoms with Crippen LogP contribution in [0.25, 0.3) is 0 Å². The molecule has 152 valence electrons. The van der Waals surface area contributed by atoms with Crippen LogP contribution in [0.2, 0.25) is 0 Å². The quantitative estimate of drug-likeness (QED) is 0.479. The molecule has 2 aromatic rings. The van der Waals surface area contributed by atoms with Crippen molar-refractivity contribution in [3.63, 3.8) is 0 Å². The predicted octanol–water partition coefficient (Wildman–Crippen LogP) is 5.76. The van der Waals surface area contributed by atoms with Crippen LogP contribution in [0.3, 0.4) is 0 Å². The molecule has 0 aliphatic rings. The zero-order chi connectivity index (χ0) is 21.4. The maximum Gasteiger partial charge on any atom is 0.242 e. The van der Waals surface area contributed by atoms with Gasteiger partial charge in [-0.05, 0) is 75.7 Å². The minimum absolute atomic E-state index is 0.0111. The molecule has 0 spiro atoms. The first-order valence-corrected chi connectivity index (χ1v) is 11.2. The number of aromatic hydroxyl groups is 1. The summed E-state index contributed by atoms with van der Waals surface area (Å²) >= 11 is 13.5. The van der Waals surface area contributed by atoms with Crippen molar-refractivity contribution in [1.29, 1.82) is 5.26 Å². The van der Waals surface area contributed by atoms with E-state index in [0.717, 1.165) is 16.1 Å². The number of halogens is 3. The third-order valence-corrected chi connectivity index (χ3v) is 6.19. The molecule has 1 N–H and O–H groups in total. The first-order valence-electron chi connectivity index (χ1n) is 8.17. The zero-order valence-electron chi connectivity index (χ0n) is 15.9. The molecule has 0 aliphatic carbocycles. The molecule has 1 amide bonds. The fourth-order valence-corrected chi connectivity index (χ4v) is 4.68. The van der Waals surface area contributed by atoms with E-state index in [0.29, 0.717) is 21.1 Å². The Morgan fingerprint density at radius 3 is 2.36 bits per heavy atom. The van der Waals surface area contributed by atoms with Crippen molar-refractivity contribution in [1.82, 2.24) is 0 Å². The molecule has 0 aliphatic heterocycles. The number of phenols is 1. The van der Waals surface area contributed by atoms with Gasteiger partial charge in [-0.2, -0.15) is 5.26 Å². The summed E-state index contributed by atoms with van der Waals surface area (Å²) in [4.78, 5) is 14.9. The fourth-order valence-electron chi connectivity index (χ4n) is 2.53. The Bertz CT molecular complexity index is 825. The molecule has 0 saturated carbocycles. The molecule has 1 aromatic heterocycles. The smallest absolute Gasteiger partial charge is 0.242 e. The second kappa shape index (κ2) is 11.8. The number of ether oxygens (including phenoxy) is 1. The largest absolute Gasteiger partial charge is 0.506 e. The van der Waals surface area contributed by atoms with E-state index in [4.69, 9.17) is 21.6 Å². The van der Waals surface area contributed by atoms with Crippen LogP contribution < -0.4 is 4.90 Å². The molecule has 2 rings (SSSR count). The third kappa shape index (κ3) is 6.46. The molecule has 1 heterocycles. The van der Waals surface area contributed by atoms with Gasteiger partial charge in [0.05, 0.1) is 38.9 Å². The summed E-state index contributed by atoms with van der Waals surface area (Å²) < 4.78 is 6.16. The standard InChI is InChI=1S/C12H18ClNO2S.C7H3Br2NO/c1-8-7-17-10(3)12(8)14(11(15)5-13)9(2)6-16-4;8-5-1-4(3-10)2-6(9)7(5)11/h7,9H,5-6H2,1-4H3;1-2,11H/t9-;/m0./s1. The van der Waals surface area contributed by atoms with Gasteiger partial charge in [-0.3, -0.25) is 4.79 Å². The lowest BCUT2D eigenvalue weighted by Crippen LogP contribution is -2.42. The van der Waals surface area contributed by atoms with Crippen LogP contribution in [0.4, 0.5) is 5.69 Å². The highest BCUT2D eigenvalue weighted by atomic mass is 79.9. The number of rotatable bonds is 5. The van der Waals surface area contributed by atoms with E-state index in [9.17, 15) is 9.90 Å². The average molecular weight is 553 g/mol. The number of thiophene rings is 1. The second-order valence-electron chi connectivity index (χ2n) is 5.93. The summed E-state index contributed by atoms with van der Waals surface area (Å²) in [6, 6.07) is 5.06. The van der Waals surface area contributed by atoms with Gasteiger partial charge in [-0.1, -0.05) is 0 Å². The van der Waals surface area contributed by atoms with E-state index < -0.39 is 0 Å². The Morgan fingerprint density at radius 1 is 1.39 bits per heavy atom. The molecule has 28 heavy (non-hydrogen) atoms. The molecule has 0 fully saturated rings. The van der Waals surface area contributed by atoms with Gasteiger partial charge < -0.3 is 14.7 Å². The summed E-state index contributed by atoms with van der Waals surface area (Å²) in [6.07, 6.45) is 0. The molecule has 0 saturated heterocycles. The van der Waals surface area contributed by atoms with Gasteiger partial charge in [0.15, 0.2) is 0 Å². The molecule has 9 heteroatoms. The van der Waals surface area contributed by atoms with Crippen LogP contribution in [0.5, 0.6) is 5.75 Å². The van der Waals surface area contributed by atoms with Crippen LogP contribution in [-0.4, -0.2) is 36.7 Å². The Kier molecular flexibility index (Phi) is 10.5. The molecule has 0 unspecified atom stereocenters. The highest BCUT2D eigenvalue weighted by Crippen LogP contribution is 2.33. The van der Waals surface area contributed by atoms with Gasteiger partial charge >= 0.3 is 0 Å². The van der Waals surface area contributed by atoms with Gasteiger partial charge in [-0.15, -0.1) is 22.9 Å². The van der Waals surface area contributed by atoms with E-state index in [1.807, 2.05) is 26.8 Å². The molecule has 1 aromatic carbocycles. The molecule has 0 bridgehead atoms. The number of carbonyl (C=O) groups is 1. The Hall–Kier alpha value is -1.11. The van der Waals surface area contributed by atoms with Crippen molar-refractivity contribution in [3.05, 3.63) is 42.5 Å². The normalized spacial score (nSPS) is 11.2. The number of amides is 1. The van der Waals surface area contributed by atoms with Crippen molar-refractivity contribution in [3.8, 4) is 11.8 Å². The van der Waals surface area contributed by atoms with Gasteiger partial charge in [0.1, 0.15) is 11.6 Å². The summed E-state index contributed by atoms with van der Waals surface area (Å²) in [7, 11) is 1.63. The van der Waals surface area contributed by atoms with Gasteiger partial charge in [0.2, 0.25) is 5.91 Å². The van der Waals surface area contributed by atoms with Crippen molar-refractivity contribution in [2.75, 3.05) is 24.5 Å². The van der Waals surface area contributed by atoms with Crippen LogP contribution >= 0.6 is 54.8 Å². The van der Waals surface area contributed by atoms with E-state index in [2.05, 4.69) is 37.2 Å². The summed E-state index contributed by atoms with van der Waals surface area (Å²) in [6.45, 7) is 6.48. The number of benzene rings is 1. The Labute approximate surface area is 191 Å². The van der Waals surface area contributed by atoms with Crippen molar-refractivity contribution >= 4 is 66.4 Å². The van der Waals surface area contributed by atoms with E-state index in [1.165, 1.54) is 0 Å². The van der Waals surface area contributed by atoms with Crippen molar-refractivity contribution in [2.45, 2.75) is 26.8 Å². The summed E-state index contributed by atoms with van der Waals surface area (Å²) in [5, 5.41) is 19.8. The number of hydrogen-bond acceptors (Lipinski definition) is 5. The SMILES string of the molecule is COC[C@H](C)N(C(=O)CCl)c1c(C)csc1C.N#Cc1cc(Br)c(O)c(Br)c1. The van der Waals surface area contributed by atoms with Crippen molar-refractivity contribution < 1.29 is 14.6 Å². The molecule has 0 radical (unpaired) electrons. The third-order valence-electron chi connectivity index (χ3n) is 3.74. The average Bonchev–Trinajstić information content (AvgIpc) is 2.99. The maximum absolute atomic E-state index is 12.0. The first-order chi connectivity index (χ1) is 13.2. The van der Waals surface area contributed by atoms with Crippen LogP contribution in [-0.2, 0) is 9.53 Å². The topological polar surface area (TPSA) is 73.6 Å². The predicted molar refractivity (Wildman–Crippen MR) is 122 cm³/mol. The van der Waals surface area contributed by atoms with Crippen LogP contribution in [0.1, 0.15) is 22.9 Å². The van der Waals surface area contributed by atoms with Crippen LogP contribution in [0.15, 0.2) is 26.5 Å². The Balaban J connectivity index is 0.000000307. The number of hydrogen-bond donors (Lipinski definition) is 1. The lowest BCUT2D eigenvalue weighted by molar-refractivity contribution is -0.116. The Morgan fingerprint density at radius 2 is 1.96 bits per heavy atom. The lowest BCUT2D eigenvalue weighted by Gasteiger charge is -2.29. The number of nitriles is 1. The van der Waals surface area contributed by atoms with E-state index in [-0.39, 0.29) is 23.6 Å². The zero-order valence-corrected chi connectivity index (χ0v) is 20.7. The highest BCUT2D eigenvalue weighted by Gasteiger charge is 2.25. The molecule has 1 atom stereocenters. The van der Waals surface area contributed by atoms with E-state index in [1.54, 1.807) is 35.5 Å². The fraction of sp³-hybridized carbons (Fsp3) is 0.368. The van der Waals surface area contributed by atoms with Gasteiger partial charge in [0, 0.05) is 12.0 Å². The van der Waals surface area contributed by atoms with E-state index >= 15 is 0 Å². The maximum atomic E-state index is 12.0. The minimum atomic E-state index is -0.0826. The summed E-state index contributed by atoms with van der Waals surface area (Å²) in [5.41, 5.74) is 2.58. The minimum Gasteiger partial charge on any atom is -0.506 e. The molecular formula is C19H21Br2ClN2O3S. The van der Waals surface area contributed by atoms with Crippen LogP contribution in [0, 0.1) is 25.2 Å². The molecular weight excluding hydrogens is 532 g/mol. The summed E-state index contributed by atoms with van der Waals surface area (Å²) in [5.74, 6) is 0.0211. The molecule has 5 nitrogen and oxygen atoms in total. The number of nitrogens with zero attached hydrogens (tertiary/aromatic N) is 2. The first kappa shape index (κ1) is 24.9. The van der Waals surface area contributed by atoms with Gasteiger partial charge in [0.25, 0.3) is 0 Å². The number of methoxy groups -OCH3 is 1. The number of aryl methyl sites for hydroxylation is 2. The highest BCUT2D eigenvalue weighted by molar-refractivity contribution is 9.11.